The molecule has 0 unspecified atom stereocenters. The van der Waals surface area contributed by atoms with Gasteiger partial charge in [-0.1, -0.05) is 37.3 Å². The first-order valence-corrected chi connectivity index (χ1v) is 10.3. The van der Waals surface area contributed by atoms with Crippen LogP contribution in [-0.4, -0.2) is 55.1 Å². The summed E-state index contributed by atoms with van der Waals surface area (Å²) in [5.41, 5.74) is 2.42. The molecule has 3 rings (SSSR count). The molecule has 1 aliphatic rings. The molecule has 1 aromatic carbocycles. The normalized spacial score (nSPS) is 15.5. The molecule has 1 saturated heterocycles. The smallest absolute Gasteiger partial charge is 0.191 e. The molecule has 2 N–H and O–H groups in total. The minimum Gasteiger partial charge on any atom is -0.357 e. The summed E-state index contributed by atoms with van der Waals surface area (Å²) in [6, 6.07) is 14.6. The summed E-state index contributed by atoms with van der Waals surface area (Å²) < 4.78 is 0. The molecule has 2 aromatic rings. The quantitative estimate of drug-likeness (QED) is 0.571. The van der Waals surface area contributed by atoms with E-state index in [1.54, 1.807) is 0 Å². The molecule has 0 atom stereocenters. The van der Waals surface area contributed by atoms with E-state index in [-0.39, 0.29) is 0 Å². The predicted molar refractivity (Wildman–Crippen MR) is 117 cm³/mol. The third-order valence-electron chi connectivity index (χ3n) is 5.02. The second kappa shape index (κ2) is 10.7. The Labute approximate surface area is 168 Å². The van der Waals surface area contributed by atoms with Gasteiger partial charge < -0.3 is 20.4 Å². The predicted octanol–water partition coefficient (Wildman–Crippen LogP) is 2.48. The number of guanidine groups is 1. The molecule has 150 valence electrons. The Balaban J connectivity index is 1.59. The fraction of sp³-hybridized carbons (Fsp3) is 0.455. The Kier molecular flexibility index (Phi) is 7.67. The number of hydrogen-bond donors (Lipinski definition) is 2. The Morgan fingerprint density at radius 2 is 1.79 bits per heavy atom. The standard InChI is InChI=1S/C22H32N6/c1-3-23-22(25-17-19-8-6-5-7-9-19)26-18-20-10-11-24-21(16-20)28-14-12-27(4-2)13-15-28/h5-11,16H,3-4,12-15,17-18H2,1-2H3,(H2,23,25,26). The van der Waals surface area contributed by atoms with Crippen LogP contribution in [-0.2, 0) is 13.1 Å². The van der Waals surface area contributed by atoms with Crippen molar-refractivity contribution < 1.29 is 0 Å². The maximum atomic E-state index is 4.75. The van der Waals surface area contributed by atoms with E-state index in [1.807, 2.05) is 12.3 Å². The highest BCUT2D eigenvalue weighted by Gasteiger charge is 2.16. The van der Waals surface area contributed by atoms with Crippen molar-refractivity contribution in [2.75, 3.05) is 44.2 Å². The molecule has 28 heavy (non-hydrogen) atoms. The zero-order valence-electron chi connectivity index (χ0n) is 17.1. The van der Waals surface area contributed by atoms with E-state index in [0.717, 1.165) is 57.6 Å². The van der Waals surface area contributed by atoms with Crippen molar-refractivity contribution in [2.24, 2.45) is 4.99 Å². The fourth-order valence-electron chi connectivity index (χ4n) is 3.32. The van der Waals surface area contributed by atoms with Gasteiger partial charge in [0.1, 0.15) is 5.82 Å². The van der Waals surface area contributed by atoms with Gasteiger partial charge in [0.15, 0.2) is 5.96 Å². The number of benzene rings is 1. The van der Waals surface area contributed by atoms with Crippen molar-refractivity contribution in [2.45, 2.75) is 26.9 Å². The first-order valence-electron chi connectivity index (χ1n) is 10.3. The highest BCUT2D eigenvalue weighted by atomic mass is 15.3. The monoisotopic (exact) mass is 380 g/mol. The Bertz CT molecular complexity index is 738. The van der Waals surface area contributed by atoms with E-state index in [1.165, 1.54) is 11.1 Å². The second-order valence-corrected chi connectivity index (χ2v) is 6.98. The molecular formula is C22H32N6. The number of hydrogen-bond acceptors (Lipinski definition) is 4. The average molecular weight is 381 g/mol. The summed E-state index contributed by atoms with van der Waals surface area (Å²) in [4.78, 5) is 14.2. The average Bonchev–Trinajstić information content (AvgIpc) is 2.76. The topological polar surface area (TPSA) is 55.8 Å². The van der Waals surface area contributed by atoms with E-state index in [4.69, 9.17) is 4.99 Å². The number of rotatable bonds is 7. The first-order chi connectivity index (χ1) is 13.8. The SMILES string of the molecule is CCNC(=NCc1ccnc(N2CCN(CC)CC2)c1)NCc1ccccc1. The molecule has 6 heteroatoms. The van der Waals surface area contributed by atoms with Gasteiger partial charge in [-0.2, -0.15) is 0 Å². The van der Waals surface area contributed by atoms with Gasteiger partial charge in [0.2, 0.25) is 0 Å². The van der Waals surface area contributed by atoms with E-state index in [9.17, 15) is 0 Å². The van der Waals surface area contributed by atoms with Gasteiger partial charge >= 0.3 is 0 Å². The third-order valence-corrected chi connectivity index (χ3v) is 5.02. The van der Waals surface area contributed by atoms with Crippen molar-refractivity contribution in [1.29, 1.82) is 0 Å². The minimum atomic E-state index is 0.634. The molecule has 1 fully saturated rings. The third kappa shape index (κ3) is 5.96. The van der Waals surface area contributed by atoms with Crippen LogP contribution < -0.4 is 15.5 Å². The molecule has 0 radical (unpaired) electrons. The van der Waals surface area contributed by atoms with Crippen LogP contribution in [0.1, 0.15) is 25.0 Å². The number of aliphatic imine (C=N–C) groups is 1. The summed E-state index contributed by atoms with van der Waals surface area (Å²) in [5.74, 6) is 1.90. The molecular weight excluding hydrogens is 348 g/mol. The number of pyridine rings is 1. The Morgan fingerprint density at radius 1 is 1.00 bits per heavy atom. The number of anilines is 1. The first kappa shape index (κ1) is 20.1. The van der Waals surface area contributed by atoms with Crippen LogP contribution in [0.5, 0.6) is 0 Å². The van der Waals surface area contributed by atoms with E-state index in [2.05, 4.69) is 75.7 Å². The van der Waals surface area contributed by atoms with Crippen molar-refractivity contribution in [1.82, 2.24) is 20.5 Å². The minimum absolute atomic E-state index is 0.634. The number of piperazine rings is 1. The maximum absolute atomic E-state index is 4.75. The Morgan fingerprint density at radius 3 is 2.50 bits per heavy atom. The molecule has 0 bridgehead atoms. The Hall–Kier alpha value is -2.60. The summed E-state index contributed by atoms with van der Waals surface area (Å²) in [6.45, 7) is 11.9. The van der Waals surface area contributed by atoms with Gasteiger partial charge in [-0.25, -0.2) is 9.98 Å². The molecule has 1 aliphatic heterocycles. The summed E-state index contributed by atoms with van der Waals surface area (Å²) in [7, 11) is 0. The molecule has 0 saturated carbocycles. The van der Waals surface area contributed by atoms with Crippen molar-refractivity contribution in [3.8, 4) is 0 Å². The van der Waals surface area contributed by atoms with Crippen LogP contribution >= 0.6 is 0 Å². The fourth-order valence-corrected chi connectivity index (χ4v) is 3.32. The van der Waals surface area contributed by atoms with Crippen LogP contribution in [0.25, 0.3) is 0 Å². The van der Waals surface area contributed by atoms with E-state index >= 15 is 0 Å². The van der Waals surface area contributed by atoms with Gasteiger partial charge in [-0.3, -0.25) is 0 Å². The largest absolute Gasteiger partial charge is 0.357 e. The van der Waals surface area contributed by atoms with Crippen molar-refractivity contribution in [3.05, 3.63) is 59.8 Å². The highest BCUT2D eigenvalue weighted by Crippen LogP contribution is 2.15. The number of likely N-dealkylation sites (N-methyl/N-ethyl adjacent to an activating group) is 1. The lowest BCUT2D eigenvalue weighted by Gasteiger charge is -2.34. The van der Waals surface area contributed by atoms with Crippen LogP contribution in [0.4, 0.5) is 5.82 Å². The number of aromatic nitrogens is 1. The van der Waals surface area contributed by atoms with Crippen LogP contribution in [0.3, 0.4) is 0 Å². The van der Waals surface area contributed by atoms with Gasteiger partial charge in [-0.15, -0.1) is 0 Å². The van der Waals surface area contributed by atoms with E-state index < -0.39 is 0 Å². The molecule has 0 spiro atoms. The highest BCUT2D eigenvalue weighted by molar-refractivity contribution is 5.79. The summed E-state index contributed by atoms with van der Waals surface area (Å²) in [5, 5.41) is 6.72. The van der Waals surface area contributed by atoms with Crippen LogP contribution in [0.15, 0.2) is 53.7 Å². The van der Waals surface area contributed by atoms with Gasteiger partial charge in [0.25, 0.3) is 0 Å². The molecule has 6 nitrogen and oxygen atoms in total. The molecule has 2 heterocycles. The number of nitrogens with zero attached hydrogens (tertiary/aromatic N) is 4. The lowest BCUT2D eigenvalue weighted by atomic mass is 10.2. The van der Waals surface area contributed by atoms with Gasteiger partial charge in [0, 0.05) is 45.5 Å². The lowest BCUT2D eigenvalue weighted by molar-refractivity contribution is 0.270. The van der Waals surface area contributed by atoms with Crippen molar-refractivity contribution >= 4 is 11.8 Å². The van der Waals surface area contributed by atoms with Crippen LogP contribution in [0, 0.1) is 0 Å². The van der Waals surface area contributed by atoms with Crippen LogP contribution in [0.2, 0.25) is 0 Å². The molecule has 1 aromatic heterocycles. The second-order valence-electron chi connectivity index (χ2n) is 6.98. The molecule has 0 aliphatic carbocycles. The zero-order valence-corrected chi connectivity index (χ0v) is 17.1. The van der Waals surface area contributed by atoms with E-state index in [0.29, 0.717) is 6.54 Å². The lowest BCUT2D eigenvalue weighted by Crippen LogP contribution is -2.46. The van der Waals surface area contributed by atoms with Gasteiger partial charge in [-0.05, 0) is 36.7 Å². The zero-order chi connectivity index (χ0) is 19.6. The maximum Gasteiger partial charge on any atom is 0.191 e. The van der Waals surface area contributed by atoms with Gasteiger partial charge in [0.05, 0.1) is 6.54 Å². The summed E-state index contributed by atoms with van der Waals surface area (Å²) >= 11 is 0. The van der Waals surface area contributed by atoms with Crippen molar-refractivity contribution in [3.63, 3.8) is 0 Å². The molecule has 0 amide bonds. The number of nitrogens with one attached hydrogen (secondary N) is 2. The summed E-state index contributed by atoms with van der Waals surface area (Å²) in [6.07, 6.45) is 1.90.